The van der Waals surface area contributed by atoms with E-state index < -0.39 is 28.7 Å². The second kappa shape index (κ2) is 9.67. The van der Waals surface area contributed by atoms with Gasteiger partial charge in [-0.25, -0.2) is 0 Å². The second-order valence-corrected chi connectivity index (χ2v) is 11.6. The number of methoxy groups -OCH3 is 1. The van der Waals surface area contributed by atoms with E-state index in [1.165, 1.54) is 13.2 Å². The Labute approximate surface area is 202 Å². The maximum atomic E-state index is 13.4. The number of halogens is 2. The molecule has 1 saturated carbocycles. The van der Waals surface area contributed by atoms with Crippen molar-refractivity contribution < 1.29 is 14.3 Å². The van der Waals surface area contributed by atoms with Gasteiger partial charge < -0.3 is 0 Å². The zero-order valence-electron chi connectivity index (χ0n) is 16.8. The second-order valence-electron chi connectivity index (χ2n) is 7.28. The summed E-state index contributed by atoms with van der Waals surface area (Å²) in [5, 5.41) is 3.89. The molecule has 2 amide bonds. The number of allylic oxidation sites excluding steroid dienone is 1. The molecule has 0 radical (unpaired) electrons. The van der Waals surface area contributed by atoms with E-state index in [0.29, 0.717) is 16.3 Å². The van der Waals surface area contributed by atoms with Crippen molar-refractivity contribution >= 4 is 73.0 Å². The van der Waals surface area contributed by atoms with Crippen molar-refractivity contribution in [3.05, 3.63) is 70.0 Å². The van der Waals surface area contributed by atoms with Crippen molar-refractivity contribution in [3.63, 3.8) is 0 Å². The fourth-order valence-corrected chi connectivity index (χ4v) is 7.13. The van der Waals surface area contributed by atoms with Gasteiger partial charge in [0, 0.05) is 0 Å². The van der Waals surface area contributed by atoms with Gasteiger partial charge in [-0.1, -0.05) is 0 Å². The Morgan fingerprint density at radius 2 is 1.90 bits per heavy atom. The first-order chi connectivity index (χ1) is 15.0. The van der Waals surface area contributed by atoms with Crippen molar-refractivity contribution in [2.45, 2.75) is 25.3 Å². The van der Waals surface area contributed by atoms with Crippen LogP contribution in [0.2, 0.25) is 10.0 Å². The number of carbonyl (C=O) groups excluding carboxylic acids is 2. The number of hydrogen-bond acceptors (Lipinski definition) is 4. The zero-order valence-corrected chi connectivity index (χ0v) is 21.7. The third-order valence-electron chi connectivity index (χ3n) is 5.37. The molecule has 2 aromatic rings. The summed E-state index contributed by atoms with van der Waals surface area (Å²) in [7, 11) is 1.31. The van der Waals surface area contributed by atoms with Crippen LogP contribution in [0.5, 0.6) is 0 Å². The monoisotopic (exact) mass is 559 g/mol. The van der Waals surface area contributed by atoms with Crippen LogP contribution in [-0.2, 0) is 4.74 Å². The predicted molar refractivity (Wildman–Crippen MR) is 125 cm³/mol. The number of ether oxygens (including phenoxy) is 1. The van der Waals surface area contributed by atoms with E-state index in [0.717, 1.165) is 30.8 Å². The molecule has 31 heavy (non-hydrogen) atoms. The molecule has 0 saturated heterocycles. The Balaban J connectivity index is 1.58. The van der Waals surface area contributed by atoms with Crippen molar-refractivity contribution in [2.75, 3.05) is 15.3 Å². The molecular formula is C22H20Cl2InN3O3. The van der Waals surface area contributed by atoms with Gasteiger partial charge in [-0.2, -0.15) is 0 Å². The Morgan fingerprint density at radius 1 is 1.16 bits per heavy atom. The Hall–Kier alpha value is -1.96. The summed E-state index contributed by atoms with van der Waals surface area (Å²) in [6.45, 7) is 0. The van der Waals surface area contributed by atoms with Crippen molar-refractivity contribution in [2.24, 2.45) is 0 Å². The van der Waals surface area contributed by atoms with Gasteiger partial charge in [-0.15, -0.1) is 0 Å². The summed E-state index contributed by atoms with van der Waals surface area (Å²) in [5.41, 5.74) is 1.82. The van der Waals surface area contributed by atoms with Crippen LogP contribution in [0.1, 0.15) is 29.6 Å². The van der Waals surface area contributed by atoms with Crippen LogP contribution in [-0.4, -0.2) is 56.5 Å². The van der Waals surface area contributed by atoms with Crippen LogP contribution in [0.4, 0.5) is 16.2 Å². The topological polar surface area (TPSA) is 61.9 Å². The number of amides is 2. The van der Waals surface area contributed by atoms with Crippen molar-refractivity contribution in [1.29, 1.82) is 0 Å². The van der Waals surface area contributed by atoms with Crippen LogP contribution in [0, 0.1) is 0 Å². The Morgan fingerprint density at radius 3 is 2.52 bits per heavy atom. The molecule has 158 valence electrons. The average Bonchev–Trinajstić information content (AvgIpc) is 3.21. The molecule has 6 nitrogen and oxygen atoms in total. The quantitative estimate of drug-likeness (QED) is 0.527. The summed E-state index contributed by atoms with van der Waals surface area (Å²) in [6, 6.07) is 12.3. The summed E-state index contributed by atoms with van der Waals surface area (Å²) < 4.78 is 9.21. The summed E-state index contributed by atoms with van der Waals surface area (Å²) in [4.78, 5) is 26.9. The molecule has 0 atom stereocenters. The number of nitrogens with zero attached hydrogens (tertiary/aromatic N) is 2. The predicted octanol–water partition coefficient (Wildman–Crippen LogP) is 4.95. The molecular weight excluding hydrogens is 540 g/mol. The van der Waals surface area contributed by atoms with Crippen LogP contribution in [0.3, 0.4) is 0 Å². The standard InChI is InChI=1S/C22H20Cl2N3O3.In/c1-3-20(25-16-10-8-15(23)9-11-16)27(17-5-4-6-17)22(29)26-19-12-7-14(13-18(19)24)21(28)30-2;/h1,3,7-13,17H,4-6H2,2H3,(H,26,28,29);/q-1;+1. The maximum absolute atomic E-state index is 13.4. The first kappa shape index (κ1) is 22.2. The van der Waals surface area contributed by atoms with Gasteiger partial charge in [-0.3, -0.25) is 0 Å². The third-order valence-corrected chi connectivity index (χ3v) is 9.43. The summed E-state index contributed by atoms with van der Waals surface area (Å²) in [6.07, 6.45) is 5.07. The average molecular weight is 560 g/mol. The fourth-order valence-electron chi connectivity index (χ4n) is 3.53. The van der Waals surface area contributed by atoms with Gasteiger partial charge in [-0.05, 0) is 0 Å². The van der Waals surface area contributed by atoms with Crippen LogP contribution < -0.4 is 8.20 Å². The number of esters is 1. The normalized spacial score (nSPS) is 15.1. The third kappa shape index (κ3) is 4.78. The summed E-state index contributed by atoms with van der Waals surface area (Å²) >= 11 is 11.2. The van der Waals surface area contributed by atoms with Gasteiger partial charge in [0.05, 0.1) is 0 Å². The van der Waals surface area contributed by atoms with E-state index in [-0.39, 0.29) is 17.1 Å². The Kier molecular flexibility index (Phi) is 6.94. The molecule has 1 aliphatic heterocycles. The fraction of sp³-hybridized carbons (Fsp3) is 0.227. The minimum absolute atomic E-state index is 0.142. The molecule has 2 aliphatic rings. The first-order valence-electron chi connectivity index (χ1n) is 9.89. The number of anilines is 2. The molecule has 1 aliphatic carbocycles. The first-order valence-corrected chi connectivity index (χ1v) is 14.0. The minimum atomic E-state index is -1.22. The van der Waals surface area contributed by atoms with E-state index in [4.69, 9.17) is 27.9 Å². The molecule has 4 rings (SSSR count). The van der Waals surface area contributed by atoms with E-state index in [1.807, 2.05) is 29.2 Å². The van der Waals surface area contributed by atoms with Crippen LogP contribution in [0.25, 0.3) is 0 Å². The molecule has 9 heteroatoms. The molecule has 1 fully saturated rings. The number of nitrogens with one attached hydrogen (secondary N) is 1. The number of hydrogen-bond donors (Lipinski definition) is 1. The number of carbonyl (C=O) groups is 2. The molecule has 2 aromatic carbocycles. The molecule has 0 unspecified atom stereocenters. The molecule has 0 bridgehead atoms. The SMILES string of the molecule is COC(=O)c1ccc(NC(=O)N(C2=C[CH]=[In][N]2c2ccc(Cl)cc2)C2CCC2)c(Cl)c1. The molecule has 0 spiro atoms. The van der Waals surface area contributed by atoms with E-state index in [9.17, 15) is 9.59 Å². The van der Waals surface area contributed by atoms with Crippen molar-refractivity contribution in [1.82, 2.24) is 4.90 Å². The molecule has 1 heterocycles. The van der Waals surface area contributed by atoms with E-state index in [1.54, 1.807) is 12.1 Å². The summed E-state index contributed by atoms with van der Waals surface area (Å²) in [5.74, 6) is 0.418. The number of rotatable bonds is 5. The van der Waals surface area contributed by atoms with Gasteiger partial charge in [0.15, 0.2) is 0 Å². The van der Waals surface area contributed by atoms with Gasteiger partial charge in [0.25, 0.3) is 0 Å². The zero-order chi connectivity index (χ0) is 22.0. The van der Waals surface area contributed by atoms with Gasteiger partial charge >= 0.3 is 203 Å². The van der Waals surface area contributed by atoms with E-state index in [2.05, 4.69) is 18.0 Å². The number of urea groups is 1. The van der Waals surface area contributed by atoms with Gasteiger partial charge in [0.1, 0.15) is 0 Å². The van der Waals surface area contributed by atoms with E-state index >= 15 is 0 Å². The Bertz CT molecular complexity index is 1070. The van der Waals surface area contributed by atoms with Crippen LogP contribution in [0.15, 0.2) is 54.4 Å². The van der Waals surface area contributed by atoms with Gasteiger partial charge in [0.2, 0.25) is 0 Å². The van der Waals surface area contributed by atoms with Crippen molar-refractivity contribution in [3.8, 4) is 0 Å². The molecule has 1 N–H and O–H groups in total. The number of benzene rings is 2. The van der Waals surface area contributed by atoms with Crippen LogP contribution >= 0.6 is 23.2 Å². The molecule has 0 aromatic heterocycles.